The van der Waals surface area contributed by atoms with E-state index in [-0.39, 0.29) is 18.0 Å². The molecule has 1 aromatic rings. The van der Waals surface area contributed by atoms with Crippen LogP contribution in [0.1, 0.15) is 54.8 Å². The lowest BCUT2D eigenvalue weighted by Crippen LogP contribution is -2.50. The normalized spacial score (nSPS) is 25.7. The molecule has 2 amide bonds. The summed E-state index contributed by atoms with van der Waals surface area (Å²) in [7, 11) is 0. The Morgan fingerprint density at radius 1 is 1.43 bits per heavy atom. The lowest BCUT2D eigenvalue weighted by atomic mass is 9.98. The Hall–Kier alpha value is -2.05. The summed E-state index contributed by atoms with van der Waals surface area (Å²) in [6, 6.07) is 1.59. The molecule has 1 aromatic heterocycles. The maximum Gasteiger partial charge on any atom is 0.407 e. The van der Waals surface area contributed by atoms with Crippen molar-refractivity contribution in [2.24, 2.45) is 0 Å². The number of carbonyl (C=O) groups excluding carboxylic acids is 1. The lowest BCUT2D eigenvalue weighted by Gasteiger charge is -2.35. The molecule has 7 nitrogen and oxygen atoms in total. The predicted molar refractivity (Wildman–Crippen MR) is 73.2 cm³/mol. The van der Waals surface area contributed by atoms with E-state index >= 15 is 0 Å². The van der Waals surface area contributed by atoms with Gasteiger partial charge >= 0.3 is 6.09 Å². The van der Waals surface area contributed by atoms with Crippen molar-refractivity contribution in [1.82, 2.24) is 15.4 Å². The van der Waals surface area contributed by atoms with Crippen molar-refractivity contribution in [2.75, 3.05) is 6.54 Å². The van der Waals surface area contributed by atoms with Crippen LogP contribution in [0, 0.1) is 0 Å². The van der Waals surface area contributed by atoms with Crippen molar-refractivity contribution in [3.63, 3.8) is 0 Å². The van der Waals surface area contributed by atoms with Crippen molar-refractivity contribution in [3.8, 4) is 0 Å². The topological polar surface area (TPSA) is 95.7 Å². The summed E-state index contributed by atoms with van der Waals surface area (Å²) in [5, 5.41) is 15.8. The van der Waals surface area contributed by atoms with Gasteiger partial charge in [-0.15, -0.1) is 0 Å². The van der Waals surface area contributed by atoms with E-state index in [9.17, 15) is 9.59 Å². The quantitative estimate of drug-likeness (QED) is 0.886. The van der Waals surface area contributed by atoms with E-state index in [1.807, 2.05) is 6.92 Å². The van der Waals surface area contributed by atoms with Gasteiger partial charge in [0, 0.05) is 30.6 Å². The van der Waals surface area contributed by atoms with E-state index in [4.69, 9.17) is 9.63 Å². The summed E-state index contributed by atoms with van der Waals surface area (Å²) in [6.07, 6.45) is 2.53. The van der Waals surface area contributed by atoms with Gasteiger partial charge in [0.05, 0.1) is 0 Å². The molecule has 2 aliphatic rings. The highest BCUT2D eigenvalue weighted by Crippen LogP contribution is 2.40. The highest BCUT2D eigenvalue weighted by atomic mass is 16.5. The first-order valence-corrected chi connectivity index (χ1v) is 7.31. The largest absolute Gasteiger partial charge is 0.465 e. The molecule has 1 saturated carbocycles. The Labute approximate surface area is 122 Å². The monoisotopic (exact) mass is 293 g/mol. The first kappa shape index (κ1) is 13.9. The SMILES string of the molecule is C[C@H]1CC(NC(=O)c2cc(C3CC3)on2)CCN1C(=O)O. The minimum absolute atomic E-state index is 0.0239. The van der Waals surface area contributed by atoms with Crippen molar-refractivity contribution in [2.45, 2.75) is 50.6 Å². The molecule has 2 fully saturated rings. The van der Waals surface area contributed by atoms with Gasteiger partial charge in [0.1, 0.15) is 5.76 Å². The fourth-order valence-corrected chi connectivity index (χ4v) is 2.80. The van der Waals surface area contributed by atoms with Crippen LogP contribution in [0.5, 0.6) is 0 Å². The molecule has 1 aliphatic carbocycles. The van der Waals surface area contributed by atoms with Crippen LogP contribution in [0.25, 0.3) is 0 Å². The molecule has 0 radical (unpaired) electrons. The number of likely N-dealkylation sites (tertiary alicyclic amines) is 1. The van der Waals surface area contributed by atoms with Crippen molar-refractivity contribution >= 4 is 12.0 Å². The van der Waals surface area contributed by atoms with Gasteiger partial charge in [-0.2, -0.15) is 0 Å². The number of carbonyl (C=O) groups is 2. The lowest BCUT2D eigenvalue weighted by molar-refractivity contribution is 0.0848. The van der Waals surface area contributed by atoms with Crippen LogP contribution in [0.4, 0.5) is 4.79 Å². The fourth-order valence-electron chi connectivity index (χ4n) is 2.80. The van der Waals surface area contributed by atoms with Crippen LogP contribution in [-0.2, 0) is 0 Å². The highest BCUT2D eigenvalue weighted by molar-refractivity contribution is 5.92. The van der Waals surface area contributed by atoms with Crippen molar-refractivity contribution in [1.29, 1.82) is 0 Å². The van der Waals surface area contributed by atoms with Crippen LogP contribution in [0.15, 0.2) is 10.6 Å². The zero-order valence-corrected chi connectivity index (χ0v) is 11.9. The Balaban J connectivity index is 1.56. The molecule has 7 heteroatoms. The van der Waals surface area contributed by atoms with Gasteiger partial charge in [-0.25, -0.2) is 4.79 Å². The van der Waals surface area contributed by atoms with Crippen molar-refractivity contribution in [3.05, 3.63) is 17.5 Å². The van der Waals surface area contributed by atoms with Gasteiger partial charge in [0.2, 0.25) is 0 Å². The average molecular weight is 293 g/mol. The highest BCUT2D eigenvalue weighted by Gasteiger charge is 2.31. The molecule has 1 aliphatic heterocycles. The smallest absolute Gasteiger partial charge is 0.407 e. The Morgan fingerprint density at radius 2 is 2.19 bits per heavy atom. The molecule has 21 heavy (non-hydrogen) atoms. The van der Waals surface area contributed by atoms with Crippen LogP contribution in [0.2, 0.25) is 0 Å². The summed E-state index contributed by atoms with van der Waals surface area (Å²) in [6.45, 7) is 2.29. The number of carboxylic acid groups (broad SMARTS) is 1. The molecule has 1 saturated heterocycles. The standard InChI is InChI=1S/C14H19N3O4/c1-8-6-10(4-5-17(8)14(19)20)15-13(18)11-7-12(21-16-11)9-2-3-9/h7-10H,2-6H2,1H3,(H,15,18)(H,19,20)/t8-,10?/m0/s1. The van der Waals surface area contributed by atoms with Crippen LogP contribution in [-0.4, -0.2) is 45.8 Å². The Morgan fingerprint density at radius 3 is 2.81 bits per heavy atom. The molecular formula is C14H19N3O4. The first-order chi connectivity index (χ1) is 10.0. The van der Waals surface area contributed by atoms with Gasteiger partial charge in [0.15, 0.2) is 5.69 Å². The second-order valence-corrected chi connectivity index (χ2v) is 5.91. The van der Waals surface area contributed by atoms with Crippen LogP contribution < -0.4 is 5.32 Å². The zero-order valence-electron chi connectivity index (χ0n) is 11.9. The number of hydrogen-bond donors (Lipinski definition) is 2. The number of aromatic nitrogens is 1. The number of hydrogen-bond acceptors (Lipinski definition) is 4. The molecule has 0 spiro atoms. The van der Waals surface area contributed by atoms with Gasteiger partial charge in [0.25, 0.3) is 5.91 Å². The molecule has 2 heterocycles. The van der Waals surface area contributed by atoms with Crippen LogP contribution >= 0.6 is 0 Å². The van der Waals surface area contributed by atoms with Crippen LogP contribution in [0.3, 0.4) is 0 Å². The zero-order chi connectivity index (χ0) is 15.0. The summed E-state index contributed by atoms with van der Waals surface area (Å²) >= 11 is 0. The number of piperidine rings is 1. The summed E-state index contributed by atoms with van der Waals surface area (Å²) in [5.41, 5.74) is 0.310. The first-order valence-electron chi connectivity index (χ1n) is 7.31. The number of nitrogens with zero attached hydrogens (tertiary/aromatic N) is 2. The number of amides is 2. The maximum absolute atomic E-state index is 12.1. The van der Waals surface area contributed by atoms with E-state index in [1.165, 1.54) is 4.90 Å². The average Bonchev–Trinajstić information content (AvgIpc) is 3.16. The van der Waals surface area contributed by atoms with Gasteiger partial charge < -0.3 is 19.8 Å². The summed E-state index contributed by atoms with van der Waals surface area (Å²) in [5.74, 6) is 0.971. The predicted octanol–water partition coefficient (Wildman–Crippen LogP) is 1.81. The second-order valence-electron chi connectivity index (χ2n) is 5.91. The summed E-state index contributed by atoms with van der Waals surface area (Å²) in [4.78, 5) is 24.5. The van der Waals surface area contributed by atoms with Gasteiger partial charge in [-0.1, -0.05) is 5.16 Å². The molecule has 2 atom stereocenters. The third kappa shape index (κ3) is 3.01. The third-order valence-electron chi connectivity index (χ3n) is 4.20. The Bertz CT molecular complexity index is 552. The number of nitrogens with one attached hydrogen (secondary N) is 1. The summed E-state index contributed by atoms with van der Waals surface area (Å²) < 4.78 is 5.17. The molecule has 2 N–H and O–H groups in total. The Kier molecular flexibility index (Phi) is 3.57. The molecule has 1 unspecified atom stereocenters. The minimum atomic E-state index is -0.905. The molecular weight excluding hydrogens is 274 g/mol. The molecule has 114 valence electrons. The molecule has 0 bridgehead atoms. The molecule has 3 rings (SSSR count). The maximum atomic E-state index is 12.1. The van der Waals surface area contributed by atoms with E-state index in [0.717, 1.165) is 18.6 Å². The van der Waals surface area contributed by atoms with E-state index < -0.39 is 6.09 Å². The van der Waals surface area contributed by atoms with Crippen molar-refractivity contribution < 1.29 is 19.2 Å². The fraction of sp³-hybridized carbons (Fsp3) is 0.643. The minimum Gasteiger partial charge on any atom is -0.465 e. The van der Waals surface area contributed by atoms with Gasteiger partial charge in [-0.05, 0) is 32.6 Å². The van der Waals surface area contributed by atoms with E-state index in [2.05, 4.69) is 10.5 Å². The van der Waals surface area contributed by atoms with E-state index in [1.54, 1.807) is 6.07 Å². The molecule has 0 aromatic carbocycles. The van der Waals surface area contributed by atoms with E-state index in [0.29, 0.717) is 31.0 Å². The second kappa shape index (κ2) is 5.38. The number of rotatable bonds is 3. The van der Waals surface area contributed by atoms with Gasteiger partial charge in [-0.3, -0.25) is 4.79 Å². The third-order valence-corrected chi connectivity index (χ3v) is 4.20.